The summed E-state index contributed by atoms with van der Waals surface area (Å²) >= 11 is 0. The Hall–Kier alpha value is -2.89. The van der Waals surface area contributed by atoms with Gasteiger partial charge in [-0.05, 0) is 36.6 Å². The highest BCUT2D eigenvalue weighted by atomic mass is 16.1. The Morgan fingerprint density at radius 3 is 2.56 bits per heavy atom. The standard InChI is InChI=1S/C19H25N5O/c1-3-15-8-5-6-9-16(15)12-22-19(21-4-2)23-14-18(25)24-17-10-7-11-20-13-17/h5-11,13H,3-4,12,14H2,1-2H3,(H,24,25)(H2,21,22,23). The molecule has 1 aromatic heterocycles. The maximum Gasteiger partial charge on any atom is 0.243 e. The minimum Gasteiger partial charge on any atom is -0.357 e. The second-order valence-electron chi connectivity index (χ2n) is 5.46. The Morgan fingerprint density at radius 1 is 1.08 bits per heavy atom. The van der Waals surface area contributed by atoms with Crippen LogP contribution in [0.5, 0.6) is 0 Å². The molecule has 3 N–H and O–H groups in total. The lowest BCUT2D eigenvalue weighted by Gasteiger charge is -2.12. The highest BCUT2D eigenvalue weighted by Gasteiger charge is 2.05. The van der Waals surface area contributed by atoms with Crippen molar-refractivity contribution in [2.75, 3.05) is 18.4 Å². The number of hydrogen-bond acceptors (Lipinski definition) is 3. The highest BCUT2D eigenvalue weighted by Crippen LogP contribution is 2.10. The van der Waals surface area contributed by atoms with Gasteiger partial charge in [-0.2, -0.15) is 0 Å². The van der Waals surface area contributed by atoms with Crippen LogP contribution in [0.1, 0.15) is 25.0 Å². The van der Waals surface area contributed by atoms with E-state index >= 15 is 0 Å². The molecule has 6 heteroatoms. The van der Waals surface area contributed by atoms with Crippen molar-refractivity contribution in [1.82, 2.24) is 15.6 Å². The third-order valence-corrected chi connectivity index (χ3v) is 3.61. The van der Waals surface area contributed by atoms with Gasteiger partial charge in [0.2, 0.25) is 5.91 Å². The topological polar surface area (TPSA) is 78.4 Å². The van der Waals surface area contributed by atoms with E-state index < -0.39 is 0 Å². The molecule has 0 unspecified atom stereocenters. The minimum absolute atomic E-state index is 0.135. The van der Waals surface area contributed by atoms with Crippen LogP contribution in [0.3, 0.4) is 0 Å². The van der Waals surface area contributed by atoms with E-state index in [0.29, 0.717) is 18.2 Å². The van der Waals surface area contributed by atoms with Crippen molar-refractivity contribution in [3.05, 3.63) is 59.9 Å². The average Bonchev–Trinajstić information content (AvgIpc) is 2.65. The summed E-state index contributed by atoms with van der Waals surface area (Å²) in [4.78, 5) is 20.6. The number of rotatable bonds is 7. The van der Waals surface area contributed by atoms with Crippen LogP contribution in [0.15, 0.2) is 53.8 Å². The van der Waals surface area contributed by atoms with Gasteiger partial charge < -0.3 is 16.0 Å². The van der Waals surface area contributed by atoms with Gasteiger partial charge in [-0.15, -0.1) is 0 Å². The zero-order chi connectivity index (χ0) is 17.9. The summed E-state index contributed by atoms with van der Waals surface area (Å²) in [5.41, 5.74) is 3.16. The number of aromatic nitrogens is 1. The molecule has 2 aromatic rings. The van der Waals surface area contributed by atoms with Gasteiger partial charge in [0.1, 0.15) is 0 Å². The number of aliphatic imine (C=N–C) groups is 1. The number of nitrogens with zero attached hydrogens (tertiary/aromatic N) is 2. The molecule has 0 saturated heterocycles. The number of carbonyl (C=O) groups excluding carboxylic acids is 1. The van der Waals surface area contributed by atoms with Crippen LogP contribution in [-0.4, -0.2) is 29.9 Å². The number of pyridine rings is 1. The summed E-state index contributed by atoms with van der Waals surface area (Å²) in [5.74, 6) is 0.474. The summed E-state index contributed by atoms with van der Waals surface area (Å²) < 4.78 is 0. The summed E-state index contributed by atoms with van der Waals surface area (Å²) in [6, 6.07) is 11.8. The van der Waals surface area contributed by atoms with E-state index in [1.54, 1.807) is 24.5 Å². The van der Waals surface area contributed by atoms with E-state index in [9.17, 15) is 4.79 Å². The fourth-order valence-electron chi connectivity index (χ4n) is 2.37. The number of nitrogens with one attached hydrogen (secondary N) is 3. The number of anilines is 1. The molecule has 2 rings (SSSR count). The number of benzene rings is 1. The Bertz CT molecular complexity index is 700. The molecule has 0 aliphatic heterocycles. The lowest BCUT2D eigenvalue weighted by molar-refractivity contribution is -0.115. The predicted octanol–water partition coefficient (Wildman–Crippen LogP) is 2.34. The van der Waals surface area contributed by atoms with Crippen LogP contribution in [-0.2, 0) is 17.8 Å². The molecule has 0 aliphatic carbocycles. The highest BCUT2D eigenvalue weighted by molar-refractivity contribution is 5.94. The monoisotopic (exact) mass is 339 g/mol. The zero-order valence-electron chi connectivity index (χ0n) is 14.7. The lowest BCUT2D eigenvalue weighted by atomic mass is 10.1. The van der Waals surface area contributed by atoms with Gasteiger partial charge in [0, 0.05) is 12.7 Å². The number of hydrogen-bond donors (Lipinski definition) is 3. The van der Waals surface area contributed by atoms with Crippen molar-refractivity contribution in [2.45, 2.75) is 26.8 Å². The summed E-state index contributed by atoms with van der Waals surface area (Å²) in [5, 5.41) is 9.00. The molecule has 25 heavy (non-hydrogen) atoms. The third kappa shape index (κ3) is 6.25. The first-order valence-corrected chi connectivity index (χ1v) is 8.51. The average molecular weight is 339 g/mol. The second-order valence-corrected chi connectivity index (χ2v) is 5.46. The molecule has 0 aliphatic rings. The maximum atomic E-state index is 12.0. The number of aryl methyl sites for hydroxylation is 1. The van der Waals surface area contributed by atoms with Gasteiger partial charge in [-0.25, -0.2) is 4.99 Å². The van der Waals surface area contributed by atoms with Gasteiger partial charge in [-0.3, -0.25) is 9.78 Å². The van der Waals surface area contributed by atoms with Gasteiger partial charge >= 0.3 is 0 Å². The molecule has 0 bridgehead atoms. The molecule has 1 aromatic carbocycles. The van der Waals surface area contributed by atoms with Crippen molar-refractivity contribution in [3.63, 3.8) is 0 Å². The van der Waals surface area contributed by atoms with Gasteiger partial charge in [0.05, 0.1) is 25.0 Å². The Labute approximate surface area is 148 Å². The van der Waals surface area contributed by atoms with E-state index in [-0.39, 0.29) is 12.5 Å². The SMILES string of the molecule is CCNC(=NCc1ccccc1CC)NCC(=O)Nc1cccnc1. The van der Waals surface area contributed by atoms with E-state index in [1.165, 1.54) is 11.1 Å². The van der Waals surface area contributed by atoms with Crippen LogP contribution in [0, 0.1) is 0 Å². The summed E-state index contributed by atoms with van der Waals surface area (Å²) in [7, 11) is 0. The van der Waals surface area contributed by atoms with Crippen molar-refractivity contribution in [2.24, 2.45) is 4.99 Å². The molecule has 0 spiro atoms. The van der Waals surface area contributed by atoms with Crippen molar-refractivity contribution in [3.8, 4) is 0 Å². The Balaban J connectivity index is 1.92. The fourth-order valence-corrected chi connectivity index (χ4v) is 2.37. The van der Waals surface area contributed by atoms with Crippen molar-refractivity contribution < 1.29 is 4.79 Å². The number of carbonyl (C=O) groups is 1. The molecule has 0 radical (unpaired) electrons. The molecule has 1 amide bonds. The summed E-state index contributed by atoms with van der Waals surface area (Å²) in [6.45, 7) is 5.56. The third-order valence-electron chi connectivity index (χ3n) is 3.61. The first kappa shape index (κ1) is 18.4. The molecule has 6 nitrogen and oxygen atoms in total. The molecule has 0 fully saturated rings. The quantitative estimate of drug-likeness (QED) is 0.534. The predicted molar refractivity (Wildman–Crippen MR) is 102 cm³/mol. The number of guanidine groups is 1. The van der Waals surface area contributed by atoms with Crippen molar-refractivity contribution >= 4 is 17.6 Å². The fraction of sp³-hybridized carbons (Fsp3) is 0.316. The second kappa shape index (κ2) is 10.1. The van der Waals surface area contributed by atoms with Crippen LogP contribution >= 0.6 is 0 Å². The van der Waals surface area contributed by atoms with Crippen molar-refractivity contribution in [1.29, 1.82) is 0 Å². The van der Waals surface area contributed by atoms with Gasteiger partial charge in [0.15, 0.2) is 5.96 Å². The molecule has 1 heterocycles. The lowest BCUT2D eigenvalue weighted by Crippen LogP contribution is -2.41. The van der Waals surface area contributed by atoms with E-state index in [0.717, 1.165) is 13.0 Å². The van der Waals surface area contributed by atoms with E-state index in [2.05, 4.69) is 45.0 Å². The Morgan fingerprint density at radius 2 is 1.88 bits per heavy atom. The maximum absolute atomic E-state index is 12.0. The molecule has 132 valence electrons. The Kier molecular flexibility index (Phi) is 7.43. The van der Waals surface area contributed by atoms with Crippen LogP contribution in [0.25, 0.3) is 0 Å². The first-order valence-electron chi connectivity index (χ1n) is 8.51. The normalized spacial score (nSPS) is 11.0. The molecular formula is C19H25N5O. The smallest absolute Gasteiger partial charge is 0.243 e. The van der Waals surface area contributed by atoms with Crippen LogP contribution in [0.4, 0.5) is 5.69 Å². The number of amides is 1. The summed E-state index contributed by atoms with van der Waals surface area (Å²) in [6.07, 6.45) is 4.25. The molecular weight excluding hydrogens is 314 g/mol. The zero-order valence-corrected chi connectivity index (χ0v) is 14.7. The van der Waals surface area contributed by atoms with Gasteiger partial charge in [-0.1, -0.05) is 31.2 Å². The van der Waals surface area contributed by atoms with E-state index in [1.807, 2.05) is 19.1 Å². The molecule has 0 saturated carbocycles. The molecule has 0 atom stereocenters. The van der Waals surface area contributed by atoms with E-state index in [4.69, 9.17) is 0 Å². The van der Waals surface area contributed by atoms with Crippen LogP contribution < -0.4 is 16.0 Å². The minimum atomic E-state index is -0.146. The largest absolute Gasteiger partial charge is 0.357 e. The van der Waals surface area contributed by atoms with Gasteiger partial charge in [0.25, 0.3) is 0 Å². The van der Waals surface area contributed by atoms with Crippen LogP contribution in [0.2, 0.25) is 0 Å². The first-order chi connectivity index (χ1) is 12.2.